The van der Waals surface area contributed by atoms with Crippen molar-refractivity contribution in [3.05, 3.63) is 200 Å². The van der Waals surface area contributed by atoms with E-state index in [1.165, 1.54) is 86.3 Å². The van der Waals surface area contributed by atoms with Gasteiger partial charge in [-0.05, 0) is 98.2 Å². The molecule has 0 aliphatic heterocycles. The van der Waals surface area contributed by atoms with Gasteiger partial charge in [-0.3, -0.25) is 0 Å². The molecule has 0 saturated carbocycles. The van der Waals surface area contributed by atoms with E-state index >= 15 is 0 Å². The van der Waals surface area contributed by atoms with Crippen molar-refractivity contribution in [2.75, 3.05) is 4.90 Å². The van der Waals surface area contributed by atoms with E-state index in [4.69, 9.17) is 0 Å². The van der Waals surface area contributed by atoms with Crippen LogP contribution in [0.2, 0.25) is 0 Å². The van der Waals surface area contributed by atoms with Crippen LogP contribution in [0.25, 0.3) is 75.1 Å². The van der Waals surface area contributed by atoms with Crippen molar-refractivity contribution in [2.45, 2.75) is 6.92 Å². The van der Waals surface area contributed by atoms with Crippen LogP contribution >= 0.6 is 11.3 Å². The Morgan fingerprint density at radius 2 is 1.02 bits per heavy atom. The van der Waals surface area contributed by atoms with Gasteiger partial charge in [0, 0.05) is 26.7 Å². The number of thiophene rings is 1. The van der Waals surface area contributed by atoms with E-state index in [0.29, 0.717) is 0 Å². The van der Waals surface area contributed by atoms with Gasteiger partial charge in [-0.1, -0.05) is 158 Å². The van der Waals surface area contributed by atoms with Gasteiger partial charge in [0.1, 0.15) is 0 Å². The molecule has 10 aromatic rings. The second-order valence-corrected chi connectivity index (χ2v) is 14.8. The Kier molecular flexibility index (Phi) is 7.63. The van der Waals surface area contributed by atoms with Gasteiger partial charge < -0.3 is 4.90 Å². The predicted octanol–water partition coefficient (Wildman–Crippen LogP) is 15.1. The number of hydrogen-bond acceptors (Lipinski definition) is 2. The monoisotopic (exact) mass is 693 g/mol. The van der Waals surface area contributed by atoms with Crippen molar-refractivity contribution in [3.63, 3.8) is 0 Å². The van der Waals surface area contributed by atoms with Crippen LogP contribution in [-0.2, 0) is 0 Å². The summed E-state index contributed by atoms with van der Waals surface area (Å²) in [7, 11) is 0. The molecule has 0 atom stereocenters. The molecule has 0 aliphatic rings. The fourth-order valence-electron chi connectivity index (χ4n) is 7.98. The number of nitrogens with zero attached hydrogens (tertiary/aromatic N) is 1. The lowest BCUT2D eigenvalue weighted by atomic mass is 9.94. The molecule has 250 valence electrons. The normalized spacial score (nSPS) is 11.5. The summed E-state index contributed by atoms with van der Waals surface area (Å²) < 4.78 is 2.58. The van der Waals surface area contributed by atoms with Gasteiger partial charge in [0.2, 0.25) is 0 Å². The minimum atomic E-state index is 1.15. The maximum Gasteiger partial charge on any atom is 0.0640 e. The van der Waals surface area contributed by atoms with E-state index in [2.05, 4.69) is 206 Å². The summed E-state index contributed by atoms with van der Waals surface area (Å²) in [5, 5.41) is 7.59. The van der Waals surface area contributed by atoms with Gasteiger partial charge in [0.05, 0.1) is 16.1 Å². The van der Waals surface area contributed by atoms with E-state index in [0.717, 1.165) is 11.4 Å². The quantitative estimate of drug-likeness (QED) is 0.168. The van der Waals surface area contributed by atoms with Crippen molar-refractivity contribution in [1.82, 2.24) is 0 Å². The zero-order valence-corrected chi connectivity index (χ0v) is 30.1. The van der Waals surface area contributed by atoms with Crippen LogP contribution in [0.5, 0.6) is 0 Å². The highest BCUT2D eigenvalue weighted by atomic mass is 32.1. The van der Waals surface area contributed by atoms with E-state index in [-0.39, 0.29) is 0 Å². The molecule has 0 saturated heterocycles. The molecule has 0 radical (unpaired) electrons. The Balaban J connectivity index is 1.25. The van der Waals surface area contributed by atoms with Crippen LogP contribution in [0.4, 0.5) is 17.1 Å². The molecule has 1 aromatic heterocycles. The molecule has 0 aliphatic carbocycles. The Bertz CT molecular complexity index is 2970. The van der Waals surface area contributed by atoms with Crippen LogP contribution in [-0.4, -0.2) is 0 Å². The first-order chi connectivity index (χ1) is 26.2. The van der Waals surface area contributed by atoms with Crippen LogP contribution in [0.15, 0.2) is 194 Å². The van der Waals surface area contributed by atoms with Crippen LogP contribution < -0.4 is 4.90 Å². The summed E-state index contributed by atoms with van der Waals surface area (Å²) in [6.07, 6.45) is 0. The smallest absolute Gasteiger partial charge is 0.0640 e. The standard InChI is InChI=1S/C51H35NS/c1-34-31-41(43-21-11-18-36-16-7-8-19-42(36)43)28-30-47(34)52(48-23-12-22-46-45-20-9-10-24-50(45)53-51(46)48)49-33-40(27-29-44(49)37-14-3-2-4-15-37)39-26-25-35-13-5-6-17-38(35)32-39/h2-33H,1H3. The first-order valence-corrected chi connectivity index (χ1v) is 19.0. The highest BCUT2D eigenvalue weighted by Crippen LogP contribution is 2.49. The van der Waals surface area contributed by atoms with Crippen LogP contribution in [0, 0.1) is 6.92 Å². The predicted molar refractivity (Wildman–Crippen MR) is 230 cm³/mol. The van der Waals surface area contributed by atoms with Crippen molar-refractivity contribution >= 4 is 70.1 Å². The SMILES string of the molecule is Cc1cc(-c2cccc3ccccc23)ccc1N(c1cc(-c2ccc3ccccc3c2)ccc1-c1ccccc1)c1cccc2c1sc1ccccc12. The number of rotatable bonds is 6. The summed E-state index contributed by atoms with van der Waals surface area (Å²) in [6, 6.07) is 71.1. The first kappa shape index (κ1) is 31.3. The third-order valence-corrected chi connectivity index (χ3v) is 11.8. The van der Waals surface area contributed by atoms with Gasteiger partial charge in [-0.2, -0.15) is 0 Å². The van der Waals surface area contributed by atoms with Gasteiger partial charge in [-0.15, -0.1) is 11.3 Å². The Morgan fingerprint density at radius 1 is 0.358 bits per heavy atom. The molecule has 0 N–H and O–H groups in total. The molecular formula is C51H35NS. The molecule has 0 spiro atoms. The fraction of sp³-hybridized carbons (Fsp3) is 0.0196. The Labute approximate surface area is 313 Å². The number of anilines is 3. The Morgan fingerprint density at radius 3 is 1.89 bits per heavy atom. The van der Waals surface area contributed by atoms with Gasteiger partial charge in [-0.25, -0.2) is 0 Å². The molecule has 0 fully saturated rings. The zero-order chi connectivity index (χ0) is 35.3. The average Bonchev–Trinajstić information content (AvgIpc) is 3.61. The van der Waals surface area contributed by atoms with Crippen molar-refractivity contribution in [2.24, 2.45) is 0 Å². The summed E-state index contributed by atoms with van der Waals surface area (Å²) >= 11 is 1.88. The highest BCUT2D eigenvalue weighted by molar-refractivity contribution is 7.26. The Hall–Kier alpha value is -6.48. The van der Waals surface area contributed by atoms with E-state index < -0.39 is 0 Å². The van der Waals surface area contributed by atoms with Crippen LogP contribution in [0.3, 0.4) is 0 Å². The zero-order valence-electron chi connectivity index (χ0n) is 29.3. The number of hydrogen-bond donors (Lipinski definition) is 0. The number of fused-ring (bicyclic) bond motifs is 5. The molecule has 53 heavy (non-hydrogen) atoms. The maximum absolute atomic E-state index is 2.52. The molecular weight excluding hydrogens is 659 g/mol. The summed E-state index contributed by atoms with van der Waals surface area (Å²) in [5.74, 6) is 0. The molecule has 1 nitrogen and oxygen atoms in total. The molecule has 0 unspecified atom stereocenters. The van der Waals surface area contributed by atoms with E-state index in [1.54, 1.807) is 0 Å². The second-order valence-electron chi connectivity index (χ2n) is 13.8. The summed E-state index contributed by atoms with van der Waals surface area (Å²) in [6.45, 7) is 2.26. The molecule has 9 aromatic carbocycles. The summed E-state index contributed by atoms with van der Waals surface area (Å²) in [4.78, 5) is 2.52. The van der Waals surface area contributed by atoms with Crippen molar-refractivity contribution < 1.29 is 0 Å². The lowest BCUT2D eigenvalue weighted by molar-refractivity contribution is 1.26. The maximum atomic E-state index is 2.52. The van der Waals surface area contributed by atoms with Gasteiger partial charge >= 0.3 is 0 Å². The molecule has 1 heterocycles. The molecule has 2 heteroatoms. The topological polar surface area (TPSA) is 3.24 Å². The minimum absolute atomic E-state index is 1.15. The van der Waals surface area contributed by atoms with E-state index in [9.17, 15) is 0 Å². The van der Waals surface area contributed by atoms with Crippen molar-refractivity contribution in [3.8, 4) is 33.4 Å². The molecule has 10 rings (SSSR count). The number of benzene rings is 9. The molecule has 0 amide bonds. The summed E-state index contributed by atoms with van der Waals surface area (Å²) in [5.41, 5.74) is 11.9. The lowest BCUT2D eigenvalue weighted by Gasteiger charge is -2.30. The van der Waals surface area contributed by atoms with Crippen molar-refractivity contribution in [1.29, 1.82) is 0 Å². The third-order valence-electron chi connectivity index (χ3n) is 10.6. The number of aryl methyl sites for hydroxylation is 1. The second kappa shape index (κ2) is 12.9. The highest BCUT2D eigenvalue weighted by Gasteiger charge is 2.23. The van der Waals surface area contributed by atoms with Gasteiger partial charge in [0.25, 0.3) is 0 Å². The largest absolute Gasteiger partial charge is 0.308 e. The molecule has 0 bridgehead atoms. The van der Waals surface area contributed by atoms with Crippen LogP contribution in [0.1, 0.15) is 5.56 Å². The van der Waals surface area contributed by atoms with E-state index in [1.807, 2.05) is 11.3 Å². The first-order valence-electron chi connectivity index (χ1n) is 18.2. The third kappa shape index (κ3) is 5.47. The average molecular weight is 694 g/mol. The lowest BCUT2D eigenvalue weighted by Crippen LogP contribution is -2.13. The fourth-order valence-corrected chi connectivity index (χ4v) is 9.18. The van der Waals surface area contributed by atoms with Gasteiger partial charge in [0.15, 0.2) is 0 Å². The minimum Gasteiger partial charge on any atom is -0.308 e.